The van der Waals surface area contributed by atoms with E-state index in [1.165, 1.54) is 49.2 Å². The molecule has 0 spiro atoms. The summed E-state index contributed by atoms with van der Waals surface area (Å²) in [7, 11) is 1.35. The van der Waals surface area contributed by atoms with Crippen LogP contribution < -0.4 is 15.0 Å². The van der Waals surface area contributed by atoms with Crippen molar-refractivity contribution in [3.05, 3.63) is 50.9 Å². The summed E-state index contributed by atoms with van der Waals surface area (Å²) < 4.78 is 35.3. The molecule has 0 fully saturated rings. The maximum absolute atomic E-state index is 12.6. The number of benzene rings is 1. The lowest BCUT2D eigenvalue weighted by molar-refractivity contribution is -0.0512. The predicted molar refractivity (Wildman–Crippen MR) is 96.0 cm³/mol. The van der Waals surface area contributed by atoms with Gasteiger partial charge in [0.1, 0.15) is 11.2 Å². The number of rotatable bonds is 5. The van der Waals surface area contributed by atoms with E-state index in [0.29, 0.717) is 15.8 Å². The van der Waals surface area contributed by atoms with E-state index in [-0.39, 0.29) is 17.1 Å². The molecule has 9 heteroatoms. The smallest absolute Gasteiger partial charge is 0.387 e. The summed E-state index contributed by atoms with van der Waals surface area (Å²) in [5.74, 6) is 0.0590. The maximum Gasteiger partial charge on any atom is 0.387 e. The number of nitrogens with zero attached hydrogens (tertiary/aromatic N) is 3. The summed E-state index contributed by atoms with van der Waals surface area (Å²) in [6.07, 6.45) is 2.76. The van der Waals surface area contributed by atoms with Gasteiger partial charge in [-0.1, -0.05) is 0 Å². The van der Waals surface area contributed by atoms with E-state index in [9.17, 15) is 13.6 Å². The topological polar surface area (TPSA) is 65.7 Å². The number of halogens is 2. The molecule has 2 heterocycles. The molecule has 0 N–H and O–H groups in total. The van der Waals surface area contributed by atoms with Gasteiger partial charge in [-0.15, -0.1) is 11.3 Å². The number of ether oxygens (including phenoxy) is 2. The average molecular weight is 379 g/mol. The molecule has 0 aliphatic rings. The second-order valence-corrected chi connectivity index (χ2v) is 6.59. The zero-order valence-electron chi connectivity index (χ0n) is 14.2. The molecule has 0 saturated carbocycles. The van der Waals surface area contributed by atoms with Gasteiger partial charge in [-0.05, 0) is 43.2 Å². The second kappa shape index (κ2) is 7.20. The molecule has 3 aromatic rings. The Hall–Kier alpha value is -2.81. The summed E-state index contributed by atoms with van der Waals surface area (Å²) in [6.45, 7) is 0.860. The number of fused-ring (bicyclic) bond motifs is 1. The van der Waals surface area contributed by atoms with Crippen molar-refractivity contribution < 1.29 is 18.3 Å². The van der Waals surface area contributed by atoms with Gasteiger partial charge < -0.3 is 9.47 Å². The number of hydrogen-bond acceptors (Lipinski definition) is 6. The summed E-state index contributed by atoms with van der Waals surface area (Å²) in [5.41, 5.74) is 1.17. The van der Waals surface area contributed by atoms with E-state index in [0.717, 1.165) is 15.1 Å². The van der Waals surface area contributed by atoms with Crippen LogP contribution >= 0.6 is 11.3 Å². The Bertz CT molecular complexity index is 1040. The molecule has 0 unspecified atom stereocenters. The fraction of sp³-hybridized carbons (Fsp3) is 0.235. The molecule has 0 amide bonds. The van der Waals surface area contributed by atoms with Crippen molar-refractivity contribution in [2.24, 2.45) is 5.10 Å². The number of methoxy groups -OCH3 is 1. The Morgan fingerprint density at radius 3 is 2.77 bits per heavy atom. The lowest BCUT2D eigenvalue weighted by atomic mass is 10.2. The molecule has 0 radical (unpaired) electrons. The van der Waals surface area contributed by atoms with Crippen molar-refractivity contribution in [2.45, 2.75) is 20.5 Å². The van der Waals surface area contributed by atoms with E-state index in [4.69, 9.17) is 4.74 Å². The van der Waals surface area contributed by atoms with E-state index in [2.05, 4.69) is 14.8 Å². The van der Waals surface area contributed by atoms with Gasteiger partial charge >= 0.3 is 6.61 Å². The number of alkyl halides is 2. The number of thiophene rings is 1. The molecule has 136 valence electrons. The Labute approximate surface area is 151 Å². The highest BCUT2D eigenvalue weighted by Crippen LogP contribution is 2.29. The van der Waals surface area contributed by atoms with E-state index in [1.807, 2.05) is 13.8 Å². The van der Waals surface area contributed by atoms with Crippen LogP contribution in [0.4, 0.5) is 8.78 Å². The molecule has 26 heavy (non-hydrogen) atoms. The first-order valence-electron chi connectivity index (χ1n) is 7.55. The van der Waals surface area contributed by atoms with Crippen LogP contribution in [0.15, 0.2) is 34.4 Å². The quantitative estimate of drug-likeness (QED) is 0.636. The largest absolute Gasteiger partial charge is 0.493 e. The third-order valence-electron chi connectivity index (χ3n) is 3.81. The van der Waals surface area contributed by atoms with Gasteiger partial charge in [-0.25, -0.2) is 4.98 Å². The molecule has 6 nitrogen and oxygen atoms in total. The van der Waals surface area contributed by atoms with Crippen molar-refractivity contribution in [3.63, 3.8) is 0 Å². The zero-order valence-corrected chi connectivity index (χ0v) is 15.0. The molecule has 0 aliphatic carbocycles. The van der Waals surface area contributed by atoms with Gasteiger partial charge in [0.2, 0.25) is 0 Å². The lowest BCUT2D eigenvalue weighted by Crippen LogP contribution is -2.17. The van der Waals surface area contributed by atoms with Crippen molar-refractivity contribution >= 4 is 27.8 Å². The standard InChI is InChI=1S/C17H15F2N3O3S/c1-9-10(2)26-15-14(9)16(23)22(8-20-15)21-7-11-4-5-12(25-17(18)19)13(6-11)24-3/h4-8,17H,1-3H3/b21-7+. The first-order chi connectivity index (χ1) is 12.4. The van der Waals surface area contributed by atoms with E-state index < -0.39 is 6.61 Å². The van der Waals surface area contributed by atoms with Crippen molar-refractivity contribution in [1.82, 2.24) is 9.66 Å². The molecule has 0 bridgehead atoms. The first-order valence-corrected chi connectivity index (χ1v) is 8.37. The van der Waals surface area contributed by atoms with Crippen LogP contribution in [0.2, 0.25) is 0 Å². The lowest BCUT2D eigenvalue weighted by Gasteiger charge is -2.09. The van der Waals surface area contributed by atoms with Crippen molar-refractivity contribution in [3.8, 4) is 11.5 Å². The van der Waals surface area contributed by atoms with Crippen LogP contribution in [0.1, 0.15) is 16.0 Å². The Kier molecular flexibility index (Phi) is 4.99. The minimum Gasteiger partial charge on any atom is -0.493 e. The van der Waals surface area contributed by atoms with E-state index in [1.54, 1.807) is 0 Å². The number of aromatic nitrogens is 2. The summed E-state index contributed by atoms with van der Waals surface area (Å²) in [4.78, 5) is 18.5. The molecule has 0 saturated heterocycles. The van der Waals surface area contributed by atoms with Crippen LogP contribution in [0, 0.1) is 13.8 Å². The zero-order chi connectivity index (χ0) is 18.8. The predicted octanol–water partition coefficient (Wildman–Crippen LogP) is 3.57. The monoisotopic (exact) mass is 379 g/mol. The van der Waals surface area contributed by atoms with Crippen molar-refractivity contribution in [1.29, 1.82) is 0 Å². The minimum absolute atomic E-state index is 0.0794. The average Bonchev–Trinajstić information content (AvgIpc) is 2.90. The van der Waals surface area contributed by atoms with E-state index >= 15 is 0 Å². The fourth-order valence-corrected chi connectivity index (χ4v) is 3.38. The van der Waals surface area contributed by atoms with Gasteiger partial charge in [-0.3, -0.25) is 4.79 Å². The molecule has 0 aliphatic heterocycles. The van der Waals surface area contributed by atoms with Gasteiger partial charge in [0.25, 0.3) is 5.56 Å². The number of aryl methyl sites for hydroxylation is 2. The van der Waals surface area contributed by atoms with Crippen LogP contribution in [0.25, 0.3) is 10.2 Å². The SMILES string of the molecule is COc1cc(/C=N/n2cnc3sc(C)c(C)c3c2=O)ccc1OC(F)F. The number of hydrogen-bond donors (Lipinski definition) is 0. The van der Waals surface area contributed by atoms with Crippen LogP contribution in [0.5, 0.6) is 11.5 Å². The third-order valence-corrected chi connectivity index (χ3v) is 4.92. The second-order valence-electron chi connectivity index (χ2n) is 5.39. The van der Waals surface area contributed by atoms with Crippen LogP contribution in [-0.4, -0.2) is 29.6 Å². The van der Waals surface area contributed by atoms with Crippen LogP contribution in [-0.2, 0) is 0 Å². The highest BCUT2D eigenvalue weighted by atomic mass is 32.1. The maximum atomic E-state index is 12.6. The Morgan fingerprint density at radius 2 is 2.08 bits per heavy atom. The Morgan fingerprint density at radius 1 is 1.31 bits per heavy atom. The molecular weight excluding hydrogens is 364 g/mol. The highest BCUT2D eigenvalue weighted by molar-refractivity contribution is 7.18. The first kappa shape index (κ1) is 18.0. The normalized spacial score (nSPS) is 11.6. The molecular formula is C17H15F2N3O3S. The molecule has 1 aromatic carbocycles. The van der Waals surface area contributed by atoms with Gasteiger partial charge in [0.15, 0.2) is 11.5 Å². The summed E-state index contributed by atoms with van der Waals surface area (Å²) in [5, 5.41) is 4.67. The highest BCUT2D eigenvalue weighted by Gasteiger charge is 2.12. The summed E-state index contributed by atoms with van der Waals surface area (Å²) >= 11 is 1.46. The fourth-order valence-electron chi connectivity index (χ4n) is 2.39. The molecule has 3 rings (SSSR count). The van der Waals surface area contributed by atoms with Crippen LogP contribution in [0.3, 0.4) is 0 Å². The molecule has 2 aromatic heterocycles. The van der Waals surface area contributed by atoms with Gasteiger partial charge in [0.05, 0.1) is 18.7 Å². The minimum atomic E-state index is -2.95. The third kappa shape index (κ3) is 3.43. The Balaban J connectivity index is 1.95. The van der Waals surface area contributed by atoms with Gasteiger partial charge in [0, 0.05) is 4.88 Å². The van der Waals surface area contributed by atoms with Gasteiger partial charge in [-0.2, -0.15) is 18.6 Å². The summed E-state index contributed by atoms with van der Waals surface area (Å²) in [6, 6.07) is 4.36. The molecule has 0 atom stereocenters. The van der Waals surface area contributed by atoms with Crippen molar-refractivity contribution in [2.75, 3.05) is 7.11 Å².